The third-order valence-corrected chi connectivity index (χ3v) is 8.59. The van der Waals surface area contributed by atoms with Gasteiger partial charge in [0, 0.05) is 22.3 Å². The van der Waals surface area contributed by atoms with Crippen molar-refractivity contribution in [2.45, 2.75) is 32.6 Å². The molecule has 1 heterocycles. The fourth-order valence-corrected chi connectivity index (χ4v) is 7.88. The molecule has 0 spiro atoms. The number of nitrogens with zero attached hydrogens (tertiary/aromatic N) is 1. The number of carboxylic acid groups (broad SMARTS) is 1. The molecular weight excluding hydrogens is 362 g/mol. The monoisotopic (exact) mass is 383 g/mol. The number of carboxylic acids is 1. The van der Waals surface area contributed by atoms with Crippen molar-refractivity contribution >= 4 is 25.7 Å². The lowest BCUT2D eigenvalue weighted by Gasteiger charge is -2.21. The van der Waals surface area contributed by atoms with Gasteiger partial charge in [0.15, 0.2) is 0 Å². The van der Waals surface area contributed by atoms with Crippen LogP contribution in [0.25, 0.3) is 0 Å². The van der Waals surface area contributed by atoms with Gasteiger partial charge < -0.3 is 5.11 Å². The molecule has 1 aromatic carbocycles. The lowest BCUT2D eigenvalue weighted by atomic mass is 9.92. The fourth-order valence-electron chi connectivity index (χ4n) is 2.65. The van der Waals surface area contributed by atoms with E-state index in [4.69, 9.17) is 5.11 Å². The highest BCUT2D eigenvalue weighted by molar-refractivity contribution is 8.03. The van der Waals surface area contributed by atoms with Gasteiger partial charge in [-0.15, -0.1) is 3.77 Å². The first-order valence-electron chi connectivity index (χ1n) is 7.60. The van der Waals surface area contributed by atoms with Crippen LogP contribution in [0.3, 0.4) is 0 Å². The highest BCUT2D eigenvalue weighted by Crippen LogP contribution is 2.30. The van der Waals surface area contributed by atoms with Crippen LogP contribution in [-0.2, 0) is 19.8 Å². The van der Waals surface area contributed by atoms with Crippen LogP contribution in [0.5, 0.6) is 0 Å². The minimum atomic E-state index is -4.26. The van der Waals surface area contributed by atoms with Crippen molar-refractivity contribution in [1.82, 2.24) is 0 Å². The molecule has 2 rings (SSSR count). The zero-order valence-electron chi connectivity index (χ0n) is 14.6. The van der Waals surface area contributed by atoms with Gasteiger partial charge in [-0.25, -0.2) is 9.00 Å². The summed E-state index contributed by atoms with van der Waals surface area (Å²) in [5.41, 5.74) is -1.43. The molecular formula is C17H21NO5S2. The first kappa shape index (κ1) is 19.5. The van der Waals surface area contributed by atoms with Gasteiger partial charge in [0.25, 0.3) is 10.0 Å². The smallest absolute Gasteiger partial charge is 0.335 e. The molecule has 136 valence electrons. The summed E-state index contributed by atoms with van der Waals surface area (Å²) < 4.78 is 42.3. The molecule has 8 heteroatoms. The van der Waals surface area contributed by atoms with Crippen LogP contribution in [0.4, 0.5) is 0 Å². The third kappa shape index (κ3) is 4.83. The van der Waals surface area contributed by atoms with Gasteiger partial charge in [0.1, 0.15) is 0 Å². The van der Waals surface area contributed by atoms with Gasteiger partial charge in [-0.1, -0.05) is 17.9 Å². The molecule has 0 saturated heterocycles. The van der Waals surface area contributed by atoms with E-state index in [9.17, 15) is 17.4 Å². The number of benzene rings is 1. The van der Waals surface area contributed by atoms with E-state index in [1.807, 2.05) is 0 Å². The fraction of sp³-hybridized carbons (Fsp3) is 0.471. The van der Waals surface area contributed by atoms with Crippen LogP contribution in [-0.4, -0.2) is 35.2 Å². The average Bonchev–Trinajstić information content (AvgIpc) is 2.51. The van der Waals surface area contributed by atoms with Crippen LogP contribution in [0.15, 0.2) is 32.9 Å². The summed E-state index contributed by atoms with van der Waals surface area (Å²) in [6.45, 7) is 7.20. The van der Waals surface area contributed by atoms with E-state index in [0.29, 0.717) is 0 Å². The van der Waals surface area contributed by atoms with Crippen molar-refractivity contribution in [3.8, 4) is 11.8 Å². The third-order valence-electron chi connectivity index (χ3n) is 3.52. The topological polar surface area (TPSA) is 101 Å². The summed E-state index contributed by atoms with van der Waals surface area (Å²) in [7, 11) is -7.38. The van der Waals surface area contributed by atoms with Gasteiger partial charge >= 0.3 is 5.97 Å². The Hall–Kier alpha value is -1.85. The Bertz CT molecular complexity index is 973. The second-order valence-corrected chi connectivity index (χ2v) is 11.6. The molecule has 0 bridgehead atoms. The number of hydrogen-bond donors (Lipinski definition) is 1. The summed E-state index contributed by atoms with van der Waals surface area (Å²) in [6.07, 6.45) is 0. The predicted molar refractivity (Wildman–Crippen MR) is 96.2 cm³/mol. The summed E-state index contributed by atoms with van der Waals surface area (Å²) in [6, 6.07) is 4.88. The second-order valence-electron chi connectivity index (χ2n) is 7.46. The minimum Gasteiger partial charge on any atom is -0.478 e. The Morgan fingerprint density at radius 3 is 2.16 bits per heavy atom. The van der Waals surface area contributed by atoms with E-state index in [1.54, 1.807) is 27.7 Å². The molecule has 0 atom stereocenters. The maximum atomic E-state index is 13.3. The quantitative estimate of drug-likeness (QED) is 0.809. The van der Waals surface area contributed by atoms with Gasteiger partial charge in [-0.3, -0.25) is 0 Å². The lowest BCUT2D eigenvalue weighted by molar-refractivity contribution is 0.0696. The van der Waals surface area contributed by atoms with Crippen molar-refractivity contribution in [2.24, 2.45) is 14.6 Å². The SMILES string of the molecule is CC1(C)C#CC(C)(C)CS(=O)(=NS(=O)(=O)c2cccc(C(=O)O)c2)C1. The van der Waals surface area contributed by atoms with E-state index in [1.165, 1.54) is 18.2 Å². The average molecular weight is 383 g/mol. The number of carbonyl (C=O) groups is 1. The molecule has 1 aromatic rings. The zero-order valence-corrected chi connectivity index (χ0v) is 16.2. The molecule has 0 aliphatic carbocycles. The van der Waals surface area contributed by atoms with Gasteiger partial charge in [-0.2, -0.15) is 8.42 Å². The zero-order chi connectivity index (χ0) is 19.1. The van der Waals surface area contributed by atoms with Gasteiger partial charge in [0.2, 0.25) is 0 Å². The number of hydrogen-bond acceptors (Lipinski definition) is 4. The van der Waals surface area contributed by atoms with Gasteiger partial charge in [0.05, 0.1) is 20.2 Å². The molecule has 0 aromatic heterocycles. The van der Waals surface area contributed by atoms with E-state index >= 15 is 0 Å². The maximum Gasteiger partial charge on any atom is 0.335 e. The molecule has 1 aliphatic heterocycles. The van der Waals surface area contributed by atoms with Crippen molar-refractivity contribution < 1.29 is 22.5 Å². The first-order valence-corrected chi connectivity index (χ1v) is 10.9. The van der Waals surface area contributed by atoms with Gasteiger partial charge in [-0.05, 0) is 45.9 Å². The van der Waals surface area contributed by atoms with E-state index in [2.05, 4.69) is 15.6 Å². The summed E-state index contributed by atoms with van der Waals surface area (Å²) in [5, 5.41) is 9.02. The van der Waals surface area contributed by atoms with Crippen molar-refractivity contribution in [3.05, 3.63) is 29.8 Å². The molecule has 1 aliphatic rings. The minimum absolute atomic E-state index is 0.0360. The van der Waals surface area contributed by atoms with E-state index < -0.39 is 36.6 Å². The number of sulfonamides is 1. The largest absolute Gasteiger partial charge is 0.478 e. The highest BCUT2D eigenvalue weighted by Gasteiger charge is 2.34. The maximum absolute atomic E-state index is 13.3. The van der Waals surface area contributed by atoms with Crippen LogP contribution < -0.4 is 0 Å². The Kier molecular flexibility index (Phi) is 4.79. The van der Waals surface area contributed by atoms with E-state index in [-0.39, 0.29) is 22.0 Å². The van der Waals surface area contributed by atoms with Crippen molar-refractivity contribution in [1.29, 1.82) is 0 Å². The first-order chi connectivity index (χ1) is 11.2. The number of aromatic carboxylic acids is 1. The molecule has 0 fully saturated rings. The summed E-state index contributed by atoms with van der Waals surface area (Å²) in [5.74, 6) is 4.94. The number of rotatable bonds is 3. The van der Waals surface area contributed by atoms with E-state index in [0.717, 1.165) is 6.07 Å². The summed E-state index contributed by atoms with van der Waals surface area (Å²) >= 11 is 0. The lowest BCUT2D eigenvalue weighted by Crippen LogP contribution is -2.28. The molecule has 25 heavy (non-hydrogen) atoms. The standard InChI is InChI=1S/C17H21NO5S2/c1-16(2)8-9-17(3,4)12-24(21,11-16)18-25(22,23)14-7-5-6-13(10-14)15(19)20/h5-7,10H,11-12H2,1-4H3,(H,19,20). The van der Waals surface area contributed by atoms with Crippen molar-refractivity contribution in [2.75, 3.05) is 11.5 Å². The molecule has 1 N–H and O–H groups in total. The Morgan fingerprint density at radius 1 is 1.16 bits per heavy atom. The molecule has 0 saturated carbocycles. The highest BCUT2D eigenvalue weighted by atomic mass is 32.3. The Balaban J connectivity index is 2.59. The molecule has 0 amide bonds. The van der Waals surface area contributed by atoms with Crippen LogP contribution >= 0.6 is 0 Å². The van der Waals surface area contributed by atoms with Crippen molar-refractivity contribution in [3.63, 3.8) is 0 Å². The van der Waals surface area contributed by atoms with Crippen LogP contribution in [0.1, 0.15) is 38.1 Å². The normalized spacial score (nSPS) is 20.6. The van der Waals surface area contributed by atoms with Crippen LogP contribution in [0, 0.1) is 22.7 Å². The second kappa shape index (κ2) is 6.15. The Labute approximate surface area is 148 Å². The van der Waals surface area contributed by atoms with Crippen LogP contribution in [0.2, 0.25) is 0 Å². The summed E-state index contributed by atoms with van der Waals surface area (Å²) in [4.78, 5) is 10.8. The molecule has 0 unspecified atom stereocenters. The Morgan fingerprint density at radius 2 is 1.68 bits per heavy atom. The molecule has 6 nitrogen and oxygen atoms in total. The predicted octanol–water partition coefficient (Wildman–Crippen LogP) is 2.61. The molecule has 0 radical (unpaired) electrons.